The van der Waals surface area contributed by atoms with Crippen molar-refractivity contribution >= 4 is 0 Å². The van der Waals surface area contributed by atoms with Gasteiger partial charge in [-0.25, -0.2) is 8.78 Å². The largest absolute Gasteiger partial charge is 0.207 e. The molecule has 0 spiro atoms. The van der Waals surface area contributed by atoms with Crippen molar-refractivity contribution in [3.05, 3.63) is 128 Å². The maximum Gasteiger partial charge on any atom is 0.126 e. The highest BCUT2D eigenvalue weighted by Gasteiger charge is 2.47. The third-order valence-electron chi connectivity index (χ3n) is 7.52. The van der Waals surface area contributed by atoms with Crippen LogP contribution >= 0.6 is 0 Å². The molecule has 0 nitrogen and oxygen atoms in total. The van der Waals surface area contributed by atoms with Gasteiger partial charge in [0, 0.05) is 0 Å². The number of hydrogen-bond acceptors (Lipinski definition) is 0. The lowest BCUT2D eigenvalue weighted by atomic mass is 9.66. The Bertz CT molecular complexity index is 1280. The molecule has 33 heavy (non-hydrogen) atoms. The van der Waals surface area contributed by atoms with Gasteiger partial charge >= 0.3 is 0 Å². The van der Waals surface area contributed by atoms with Crippen LogP contribution in [0.4, 0.5) is 8.78 Å². The maximum atomic E-state index is 15.2. The second-order valence-corrected chi connectivity index (χ2v) is 9.65. The van der Waals surface area contributed by atoms with Gasteiger partial charge < -0.3 is 0 Å². The molecular weight excluding hydrogens is 410 g/mol. The topological polar surface area (TPSA) is 0 Å². The van der Waals surface area contributed by atoms with Gasteiger partial charge in [0.1, 0.15) is 11.6 Å². The van der Waals surface area contributed by atoms with E-state index in [0.29, 0.717) is 11.1 Å². The molecule has 0 heterocycles. The summed E-state index contributed by atoms with van der Waals surface area (Å²) in [5.41, 5.74) is 10.6. The van der Waals surface area contributed by atoms with Crippen LogP contribution in [0.5, 0.6) is 0 Å². The van der Waals surface area contributed by atoms with E-state index >= 15 is 8.78 Å². The van der Waals surface area contributed by atoms with Crippen molar-refractivity contribution in [3.8, 4) is 11.1 Å². The van der Waals surface area contributed by atoms with Gasteiger partial charge in [0.2, 0.25) is 0 Å². The molecule has 0 fully saturated rings. The Morgan fingerprint density at radius 1 is 0.515 bits per heavy atom. The zero-order valence-electron chi connectivity index (χ0n) is 20.0. The van der Waals surface area contributed by atoms with E-state index in [1.807, 2.05) is 27.7 Å². The average Bonchev–Trinajstić information content (AvgIpc) is 3.04. The summed E-state index contributed by atoms with van der Waals surface area (Å²) >= 11 is 0. The van der Waals surface area contributed by atoms with Gasteiger partial charge in [-0.05, 0) is 109 Å². The van der Waals surface area contributed by atoms with Crippen LogP contribution in [0.3, 0.4) is 0 Å². The first-order valence-corrected chi connectivity index (χ1v) is 11.4. The highest BCUT2D eigenvalue weighted by molar-refractivity contribution is 5.87. The molecule has 5 rings (SSSR count). The SMILES string of the molecule is Cc1ccc2c(c1)C(c1cc(C)c(C)c(F)c1)(c1cc(C)c(C)c(F)c1)c1cc(C)ccc1-2. The fourth-order valence-electron chi connectivity index (χ4n) is 5.41. The van der Waals surface area contributed by atoms with E-state index in [4.69, 9.17) is 0 Å². The molecule has 0 N–H and O–H groups in total. The number of aryl methyl sites for hydroxylation is 4. The zero-order valence-corrected chi connectivity index (χ0v) is 20.0. The van der Waals surface area contributed by atoms with Crippen LogP contribution in [-0.4, -0.2) is 0 Å². The van der Waals surface area contributed by atoms with E-state index in [1.165, 1.54) is 0 Å². The summed E-state index contributed by atoms with van der Waals surface area (Å²) in [6.45, 7) is 11.6. The maximum absolute atomic E-state index is 15.2. The van der Waals surface area contributed by atoms with Crippen LogP contribution in [0.2, 0.25) is 0 Å². The lowest BCUT2D eigenvalue weighted by molar-refractivity contribution is 0.602. The van der Waals surface area contributed by atoms with Crippen molar-refractivity contribution in [3.63, 3.8) is 0 Å². The summed E-state index contributed by atoms with van der Waals surface area (Å²) in [5, 5.41) is 0. The van der Waals surface area contributed by atoms with Gasteiger partial charge in [-0.15, -0.1) is 0 Å². The predicted octanol–water partition coefficient (Wildman–Crippen LogP) is 8.18. The minimum absolute atomic E-state index is 0.232. The highest BCUT2D eigenvalue weighted by Crippen LogP contribution is 2.57. The quantitative estimate of drug-likeness (QED) is 0.261. The fraction of sp³-hybridized carbons (Fsp3) is 0.226. The molecule has 1 aliphatic carbocycles. The van der Waals surface area contributed by atoms with E-state index in [1.54, 1.807) is 12.1 Å². The lowest BCUT2D eigenvalue weighted by Gasteiger charge is -2.35. The van der Waals surface area contributed by atoms with Crippen molar-refractivity contribution in [2.45, 2.75) is 47.0 Å². The van der Waals surface area contributed by atoms with Crippen LogP contribution in [0.25, 0.3) is 11.1 Å². The summed E-state index contributed by atoms with van der Waals surface area (Å²) in [5.74, 6) is -0.465. The number of hydrogen-bond donors (Lipinski definition) is 0. The fourth-order valence-corrected chi connectivity index (χ4v) is 5.41. The summed E-state index contributed by atoms with van der Waals surface area (Å²) in [6.07, 6.45) is 0. The Balaban J connectivity index is 2.03. The van der Waals surface area contributed by atoms with Crippen LogP contribution in [0.15, 0.2) is 60.7 Å². The van der Waals surface area contributed by atoms with E-state index in [2.05, 4.69) is 62.4 Å². The van der Waals surface area contributed by atoms with Gasteiger partial charge in [-0.1, -0.05) is 59.7 Å². The minimum Gasteiger partial charge on any atom is -0.207 e. The smallest absolute Gasteiger partial charge is 0.126 e. The Labute approximate surface area is 194 Å². The van der Waals surface area contributed by atoms with Crippen molar-refractivity contribution in [2.75, 3.05) is 0 Å². The van der Waals surface area contributed by atoms with Gasteiger partial charge in [0.25, 0.3) is 0 Å². The standard InChI is InChI=1S/C31H28F2/c1-17-7-9-25-26-10-8-18(2)12-28(26)31(27(25)11-17,23-13-19(3)21(5)29(32)15-23)24-14-20(4)22(6)30(33)16-24/h7-16H,1-6H3. The van der Waals surface area contributed by atoms with E-state index < -0.39 is 5.41 Å². The molecule has 0 radical (unpaired) electrons. The van der Waals surface area contributed by atoms with Crippen LogP contribution < -0.4 is 0 Å². The molecule has 0 saturated carbocycles. The molecule has 0 atom stereocenters. The zero-order chi connectivity index (χ0) is 23.7. The average molecular weight is 439 g/mol. The molecule has 0 amide bonds. The van der Waals surface area contributed by atoms with Gasteiger partial charge in [-0.3, -0.25) is 0 Å². The first kappa shape index (κ1) is 21.6. The third kappa shape index (κ3) is 3.00. The van der Waals surface area contributed by atoms with Crippen molar-refractivity contribution in [1.29, 1.82) is 0 Å². The first-order valence-electron chi connectivity index (χ1n) is 11.4. The molecule has 0 saturated heterocycles. The Morgan fingerprint density at radius 2 is 0.909 bits per heavy atom. The van der Waals surface area contributed by atoms with E-state index in [9.17, 15) is 0 Å². The first-order chi connectivity index (χ1) is 15.6. The van der Waals surface area contributed by atoms with Crippen LogP contribution in [-0.2, 0) is 5.41 Å². The molecule has 0 unspecified atom stereocenters. The van der Waals surface area contributed by atoms with Crippen LogP contribution in [0.1, 0.15) is 55.6 Å². The van der Waals surface area contributed by atoms with E-state index in [0.717, 1.165) is 55.6 Å². The predicted molar refractivity (Wildman–Crippen MR) is 132 cm³/mol. The van der Waals surface area contributed by atoms with Gasteiger partial charge in [0.05, 0.1) is 5.41 Å². The molecule has 1 aliphatic rings. The number of benzene rings is 4. The number of halogens is 2. The number of fused-ring (bicyclic) bond motifs is 3. The summed E-state index contributed by atoms with van der Waals surface area (Å²) in [6, 6.07) is 20.4. The minimum atomic E-state index is -0.804. The Hall–Kier alpha value is -3.26. The van der Waals surface area contributed by atoms with Crippen molar-refractivity contribution in [2.24, 2.45) is 0 Å². The molecule has 4 aromatic carbocycles. The Morgan fingerprint density at radius 3 is 1.27 bits per heavy atom. The molecular formula is C31H28F2. The second-order valence-electron chi connectivity index (χ2n) is 9.65. The van der Waals surface area contributed by atoms with Crippen molar-refractivity contribution < 1.29 is 8.78 Å². The molecule has 0 bridgehead atoms. The summed E-state index contributed by atoms with van der Waals surface area (Å²) < 4.78 is 30.5. The van der Waals surface area contributed by atoms with Gasteiger partial charge in [0.15, 0.2) is 0 Å². The lowest BCUT2D eigenvalue weighted by Crippen LogP contribution is -2.30. The van der Waals surface area contributed by atoms with Crippen molar-refractivity contribution in [1.82, 2.24) is 0 Å². The Kier molecular flexibility index (Phi) is 4.83. The molecule has 2 heteroatoms. The van der Waals surface area contributed by atoms with Gasteiger partial charge in [-0.2, -0.15) is 0 Å². The summed E-state index contributed by atoms with van der Waals surface area (Å²) in [4.78, 5) is 0. The highest BCUT2D eigenvalue weighted by atomic mass is 19.1. The second kappa shape index (κ2) is 7.38. The van der Waals surface area contributed by atoms with E-state index in [-0.39, 0.29) is 11.6 Å². The molecule has 4 aromatic rings. The summed E-state index contributed by atoms with van der Waals surface area (Å²) in [7, 11) is 0. The van der Waals surface area contributed by atoms with Crippen LogP contribution in [0, 0.1) is 53.2 Å². The normalized spacial score (nSPS) is 13.7. The number of rotatable bonds is 2. The molecule has 166 valence electrons. The molecule has 0 aromatic heterocycles. The molecule has 0 aliphatic heterocycles. The third-order valence-corrected chi connectivity index (χ3v) is 7.52. The monoisotopic (exact) mass is 438 g/mol.